The van der Waals surface area contributed by atoms with Gasteiger partial charge < -0.3 is 10.3 Å². The molecule has 0 atom stereocenters. The summed E-state index contributed by atoms with van der Waals surface area (Å²) in [7, 11) is 0. The summed E-state index contributed by atoms with van der Waals surface area (Å²) >= 11 is 4.76. The summed E-state index contributed by atoms with van der Waals surface area (Å²) in [6.45, 7) is 0. The summed E-state index contributed by atoms with van der Waals surface area (Å²) in [6, 6.07) is 5.55. The SMILES string of the molecule is Nc1ccc(-c2nc(-c3cncc(Br)c3)no2)s1. The summed E-state index contributed by atoms with van der Waals surface area (Å²) < 4.78 is 6.08. The molecule has 0 amide bonds. The van der Waals surface area contributed by atoms with E-state index in [0.29, 0.717) is 16.7 Å². The van der Waals surface area contributed by atoms with E-state index in [1.807, 2.05) is 18.2 Å². The quantitative estimate of drug-likeness (QED) is 0.783. The molecule has 7 heteroatoms. The molecule has 3 rings (SSSR count). The summed E-state index contributed by atoms with van der Waals surface area (Å²) in [5, 5.41) is 4.65. The third-order valence-electron chi connectivity index (χ3n) is 2.23. The predicted molar refractivity (Wildman–Crippen MR) is 73.0 cm³/mol. The monoisotopic (exact) mass is 322 g/mol. The highest BCUT2D eigenvalue weighted by Crippen LogP contribution is 2.29. The molecule has 0 unspecified atom stereocenters. The van der Waals surface area contributed by atoms with Gasteiger partial charge in [-0.15, -0.1) is 11.3 Å². The number of halogens is 1. The highest BCUT2D eigenvalue weighted by atomic mass is 79.9. The minimum absolute atomic E-state index is 0.465. The third kappa shape index (κ3) is 2.14. The van der Waals surface area contributed by atoms with Crippen LogP contribution in [0.5, 0.6) is 0 Å². The van der Waals surface area contributed by atoms with Gasteiger partial charge >= 0.3 is 0 Å². The second-order valence-electron chi connectivity index (χ2n) is 3.52. The first kappa shape index (κ1) is 11.4. The Bertz CT molecular complexity index is 694. The zero-order valence-corrected chi connectivity index (χ0v) is 11.4. The maximum atomic E-state index is 5.67. The Labute approximate surface area is 115 Å². The number of hydrogen-bond donors (Lipinski definition) is 1. The first-order valence-corrected chi connectivity index (χ1v) is 6.63. The average Bonchev–Trinajstić information content (AvgIpc) is 2.97. The molecule has 0 aliphatic rings. The van der Waals surface area contributed by atoms with Crippen molar-refractivity contribution in [3.63, 3.8) is 0 Å². The van der Waals surface area contributed by atoms with Crippen LogP contribution in [-0.2, 0) is 0 Å². The van der Waals surface area contributed by atoms with Crippen LogP contribution in [0.4, 0.5) is 5.00 Å². The van der Waals surface area contributed by atoms with Gasteiger partial charge in [-0.1, -0.05) is 5.16 Å². The van der Waals surface area contributed by atoms with Crippen molar-refractivity contribution in [1.29, 1.82) is 0 Å². The van der Waals surface area contributed by atoms with Gasteiger partial charge in [0.05, 0.1) is 9.88 Å². The fraction of sp³-hybridized carbons (Fsp3) is 0. The number of nitrogens with two attached hydrogens (primary N) is 1. The maximum Gasteiger partial charge on any atom is 0.268 e. The first-order valence-electron chi connectivity index (χ1n) is 5.03. The van der Waals surface area contributed by atoms with E-state index in [4.69, 9.17) is 10.3 Å². The molecule has 90 valence electrons. The van der Waals surface area contributed by atoms with E-state index in [1.54, 1.807) is 12.4 Å². The van der Waals surface area contributed by atoms with Gasteiger partial charge in [0.15, 0.2) is 0 Å². The fourth-order valence-corrected chi connectivity index (χ4v) is 2.50. The minimum Gasteiger partial charge on any atom is -0.391 e. The number of nitrogen functional groups attached to an aromatic ring is 1. The molecule has 0 saturated carbocycles. The van der Waals surface area contributed by atoms with Crippen LogP contribution in [0.25, 0.3) is 22.2 Å². The highest BCUT2D eigenvalue weighted by molar-refractivity contribution is 9.10. The van der Waals surface area contributed by atoms with Gasteiger partial charge in [-0.05, 0) is 34.1 Å². The zero-order valence-electron chi connectivity index (χ0n) is 9.00. The van der Waals surface area contributed by atoms with E-state index >= 15 is 0 Å². The number of pyridine rings is 1. The molecule has 0 aromatic carbocycles. The molecule has 18 heavy (non-hydrogen) atoms. The number of aromatic nitrogens is 3. The molecular formula is C11H7BrN4OS. The zero-order chi connectivity index (χ0) is 12.5. The number of rotatable bonds is 2. The van der Waals surface area contributed by atoms with Gasteiger partial charge in [0.1, 0.15) is 0 Å². The van der Waals surface area contributed by atoms with Crippen molar-refractivity contribution in [3.05, 3.63) is 35.1 Å². The summed E-state index contributed by atoms with van der Waals surface area (Å²) in [5.41, 5.74) is 6.46. The van der Waals surface area contributed by atoms with E-state index in [2.05, 4.69) is 31.1 Å². The molecule has 0 aliphatic carbocycles. The topological polar surface area (TPSA) is 77.8 Å². The molecule has 3 aromatic heterocycles. The molecule has 0 spiro atoms. The van der Waals surface area contributed by atoms with E-state index in [1.165, 1.54) is 11.3 Å². The van der Waals surface area contributed by atoms with Crippen LogP contribution in [0, 0.1) is 0 Å². The lowest BCUT2D eigenvalue weighted by Gasteiger charge is -1.93. The molecule has 2 N–H and O–H groups in total. The molecule has 0 bridgehead atoms. The average molecular weight is 323 g/mol. The normalized spacial score (nSPS) is 10.7. The van der Waals surface area contributed by atoms with Crippen LogP contribution in [0.2, 0.25) is 0 Å². The standard InChI is InChI=1S/C11H7BrN4OS/c12-7-3-6(4-14-5-7)10-15-11(17-16-10)8-1-2-9(13)18-8/h1-5H,13H2. The second kappa shape index (κ2) is 4.51. The predicted octanol–water partition coefficient (Wildman–Crippen LogP) is 3.20. The Hall–Kier alpha value is -1.73. The first-order chi connectivity index (χ1) is 8.72. The van der Waals surface area contributed by atoms with Gasteiger partial charge in [-0.3, -0.25) is 4.98 Å². The van der Waals surface area contributed by atoms with Gasteiger partial charge in [0, 0.05) is 22.4 Å². The summed E-state index contributed by atoms with van der Waals surface area (Å²) in [6.07, 6.45) is 3.38. The van der Waals surface area contributed by atoms with Crippen molar-refractivity contribution in [2.24, 2.45) is 0 Å². The van der Waals surface area contributed by atoms with Crippen molar-refractivity contribution in [3.8, 4) is 22.2 Å². The molecule has 5 nitrogen and oxygen atoms in total. The van der Waals surface area contributed by atoms with Crippen molar-refractivity contribution < 1.29 is 4.52 Å². The number of hydrogen-bond acceptors (Lipinski definition) is 6. The van der Waals surface area contributed by atoms with Crippen LogP contribution in [0.3, 0.4) is 0 Å². The van der Waals surface area contributed by atoms with Gasteiger partial charge in [0.2, 0.25) is 5.82 Å². The largest absolute Gasteiger partial charge is 0.391 e. The fourth-order valence-electron chi connectivity index (χ4n) is 1.44. The van der Waals surface area contributed by atoms with Crippen molar-refractivity contribution in [2.75, 3.05) is 5.73 Å². The molecule has 0 saturated heterocycles. The summed E-state index contributed by atoms with van der Waals surface area (Å²) in [4.78, 5) is 9.24. The van der Waals surface area contributed by atoms with Crippen LogP contribution in [0.15, 0.2) is 39.6 Å². The third-order valence-corrected chi connectivity index (χ3v) is 3.56. The smallest absolute Gasteiger partial charge is 0.268 e. The van der Waals surface area contributed by atoms with Gasteiger partial charge in [-0.2, -0.15) is 4.98 Å². The second-order valence-corrected chi connectivity index (χ2v) is 5.55. The Morgan fingerprint density at radius 3 is 2.89 bits per heavy atom. The Kier molecular flexibility index (Phi) is 2.85. The molecular weight excluding hydrogens is 316 g/mol. The van der Waals surface area contributed by atoms with Gasteiger partial charge in [0.25, 0.3) is 5.89 Å². The van der Waals surface area contributed by atoms with Crippen LogP contribution >= 0.6 is 27.3 Å². The van der Waals surface area contributed by atoms with Crippen LogP contribution in [0.1, 0.15) is 0 Å². The lowest BCUT2D eigenvalue weighted by atomic mass is 10.3. The molecule has 0 aliphatic heterocycles. The number of anilines is 1. The van der Waals surface area contributed by atoms with Gasteiger partial charge in [-0.25, -0.2) is 0 Å². The maximum absolute atomic E-state index is 5.67. The highest BCUT2D eigenvalue weighted by Gasteiger charge is 2.12. The van der Waals surface area contributed by atoms with Crippen molar-refractivity contribution in [1.82, 2.24) is 15.1 Å². The van der Waals surface area contributed by atoms with E-state index in [0.717, 1.165) is 14.9 Å². The van der Waals surface area contributed by atoms with E-state index < -0.39 is 0 Å². The lowest BCUT2D eigenvalue weighted by Crippen LogP contribution is -1.82. The lowest BCUT2D eigenvalue weighted by molar-refractivity contribution is 0.433. The molecule has 3 aromatic rings. The number of thiophene rings is 1. The number of nitrogens with zero attached hydrogens (tertiary/aromatic N) is 3. The van der Waals surface area contributed by atoms with Crippen molar-refractivity contribution >= 4 is 32.3 Å². The Morgan fingerprint density at radius 1 is 1.28 bits per heavy atom. The van der Waals surface area contributed by atoms with Crippen molar-refractivity contribution in [2.45, 2.75) is 0 Å². The molecule has 0 radical (unpaired) electrons. The van der Waals surface area contributed by atoms with E-state index in [9.17, 15) is 0 Å². The molecule has 0 fully saturated rings. The Morgan fingerprint density at radius 2 is 2.17 bits per heavy atom. The van der Waals surface area contributed by atoms with Crippen LogP contribution < -0.4 is 5.73 Å². The minimum atomic E-state index is 0.465. The van der Waals surface area contributed by atoms with Crippen LogP contribution in [-0.4, -0.2) is 15.1 Å². The van der Waals surface area contributed by atoms with E-state index in [-0.39, 0.29) is 0 Å². The Balaban J connectivity index is 1.99. The summed E-state index contributed by atoms with van der Waals surface area (Å²) in [5.74, 6) is 0.970. The molecule has 3 heterocycles.